The molecule has 132 valence electrons. The van der Waals surface area contributed by atoms with Crippen molar-refractivity contribution in [1.82, 2.24) is 9.80 Å². The van der Waals surface area contributed by atoms with Crippen LogP contribution >= 0.6 is 0 Å². The molecule has 2 fully saturated rings. The second-order valence-corrected chi connectivity index (χ2v) is 6.72. The molecule has 3 heterocycles. The number of hydrogen-bond acceptors (Lipinski definition) is 5. The van der Waals surface area contributed by atoms with Crippen molar-refractivity contribution < 1.29 is 23.8 Å². The third-order valence-electron chi connectivity index (χ3n) is 5.31. The van der Waals surface area contributed by atoms with Crippen molar-refractivity contribution in [2.45, 2.75) is 12.8 Å². The molecule has 1 aromatic rings. The molecule has 3 rings (SSSR count). The summed E-state index contributed by atoms with van der Waals surface area (Å²) in [7, 11) is 1.64. The molecule has 2 atom stereocenters. The number of nitrogens with zero attached hydrogens (tertiary/aromatic N) is 2. The van der Waals surface area contributed by atoms with Gasteiger partial charge in [0.25, 0.3) is 5.91 Å². The standard InChI is InChI=1S/C17H24N2O5/c1-23-9-7-18-10-13-11-19(15(20)14-4-2-8-24-14)6-3-5-17(13,12-18)16(21)22/h2,4,8,13H,3,5-7,9-12H2,1H3,(H,21,22)/t13-,17+/m1/s1. The topological polar surface area (TPSA) is 83.2 Å². The number of ether oxygens (including phenoxy) is 1. The van der Waals surface area contributed by atoms with Gasteiger partial charge in [0.15, 0.2) is 5.76 Å². The van der Waals surface area contributed by atoms with Crippen molar-refractivity contribution >= 4 is 11.9 Å². The number of carboxylic acids is 1. The first-order chi connectivity index (χ1) is 11.6. The first-order valence-electron chi connectivity index (χ1n) is 8.34. The van der Waals surface area contributed by atoms with E-state index in [-0.39, 0.29) is 11.8 Å². The SMILES string of the molecule is COCCN1C[C@@H]2CN(C(=O)c3ccco3)CCC[C@]2(C(=O)O)C1. The van der Waals surface area contributed by atoms with E-state index in [0.717, 1.165) is 0 Å². The molecule has 0 saturated carbocycles. The summed E-state index contributed by atoms with van der Waals surface area (Å²) >= 11 is 0. The number of carboxylic acid groups (broad SMARTS) is 1. The molecule has 0 spiro atoms. The average molecular weight is 336 g/mol. The first-order valence-corrected chi connectivity index (χ1v) is 8.34. The molecule has 2 aliphatic heterocycles. The van der Waals surface area contributed by atoms with E-state index in [1.807, 2.05) is 0 Å². The zero-order chi connectivity index (χ0) is 17.2. The number of aliphatic carboxylic acids is 1. The predicted molar refractivity (Wildman–Crippen MR) is 85.7 cm³/mol. The van der Waals surface area contributed by atoms with Crippen molar-refractivity contribution in [1.29, 1.82) is 0 Å². The van der Waals surface area contributed by atoms with Gasteiger partial charge in [-0.25, -0.2) is 0 Å². The molecule has 0 bridgehead atoms. The van der Waals surface area contributed by atoms with E-state index >= 15 is 0 Å². The van der Waals surface area contributed by atoms with Gasteiger partial charge in [0.2, 0.25) is 0 Å². The summed E-state index contributed by atoms with van der Waals surface area (Å²) in [6, 6.07) is 3.34. The molecule has 0 radical (unpaired) electrons. The minimum Gasteiger partial charge on any atom is -0.481 e. The van der Waals surface area contributed by atoms with E-state index in [4.69, 9.17) is 9.15 Å². The smallest absolute Gasteiger partial charge is 0.311 e. The molecule has 7 nitrogen and oxygen atoms in total. The van der Waals surface area contributed by atoms with Crippen LogP contribution in [0.2, 0.25) is 0 Å². The summed E-state index contributed by atoms with van der Waals surface area (Å²) in [4.78, 5) is 28.5. The summed E-state index contributed by atoms with van der Waals surface area (Å²) in [5.74, 6) is -0.670. The van der Waals surface area contributed by atoms with Crippen LogP contribution in [0.1, 0.15) is 23.4 Å². The molecular weight excluding hydrogens is 312 g/mol. The lowest BCUT2D eigenvalue weighted by Crippen LogP contribution is -2.42. The van der Waals surface area contributed by atoms with Crippen molar-refractivity contribution in [3.05, 3.63) is 24.2 Å². The largest absolute Gasteiger partial charge is 0.481 e. The number of carbonyl (C=O) groups excluding carboxylic acids is 1. The van der Waals surface area contributed by atoms with Gasteiger partial charge in [-0.15, -0.1) is 0 Å². The number of hydrogen-bond donors (Lipinski definition) is 1. The van der Waals surface area contributed by atoms with E-state index < -0.39 is 11.4 Å². The Morgan fingerprint density at radius 2 is 2.29 bits per heavy atom. The number of fused-ring (bicyclic) bond motifs is 1. The molecule has 2 saturated heterocycles. The number of furan rings is 1. The molecule has 1 amide bonds. The highest BCUT2D eigenvalue weighted by Crippen LogP contribution is 2.43. The van der Waals surface area contributed by atoms with Gasteiger partial charge >= 0.3 is 5.97 Å². The highest BCUT2D eigenvalue weighted by Gasteiger charge is 2.53. The van der Waals surface area contributed by atoms with Gasteiger partial charge < -0.3 is 19.2 Å². The Kier molecular flexibility index (Phi) is 4.91. The van der Waals surface area contributed by atoms with Crippen LogP contribution in [-0.2, 0) is 9.53 Å². The van der Waals surface area contributed by atoms with Gasteiger partial charge in [0.05, 0.1) is 18.3 Å². The molecular formula is C17H24N2O5. The van der Waals surface area contributed by atoms with E-state index in [1.54, 1.807) is 24.1 Å². The summed E-state index contributed by atoms with van der Waals surface area (Å²) in [5.41, 5.74) is -0.772. The summed E-state index contributed by atoms with van der Waals surface area (Å²) in [6.07, 6.45) is 2.76. The summed E-state index contributed by atoms with van der Waals surface area (Å²) in [5, 5.41) is 9.90. The highest BCUT2D eigenvalue weighted by molar-refractivity contribution is 5.91. The summed E-state index contributed by atoms with van der Waals surface area (Å²) in [6.45, 7) is 3.53. The molecule has 1 aromatic heterocycles. The molecule has 24 heavy (non-hydrogen) atoms. The van der Waals surface area contributed by atoms with E-state index in [2.05, 4.69) is 4.90 Å². The zero-order valence-corrected chi connectivity index (χ0v) is 13.9. The lowest BCUT2D eigenvalue weighted by atomic mass is 9.75. The van der Waals surface area contributed by atoms with Gasteiger partial charge in [0, 0.05) is 45.8 Å². The Hall–Kier alpha value is -1.86. The lowest BCUT2D eigenvalue weighted by molar-refractivity contribution is -0.151. The molecule has 7 heteroatoms. The van der Waals surface area contributed by atoms with Crippen molar-refractivity contribution in [2.75, 3.05) is 46.4 Å². The number of rotatable bonds is 5. The van der Waals surface area contributed by atoms with E-state index in [9.17, 15) is 14.7 Å². The quantitative estimate of drug-likeness (QED) is 0.869. The van der Waals surface area contributed by atoms with Crippen LogP contribution in [0.4, 0.5) is 0 Å². The van der Waals surface area contributed by atoms with E-state index in [0.29, 0.717) is 57.9 Å². The maximum atomic E-state index is 12.6. The van der Waals surface area contributed by atoms with Gasteiger partial charge in [-0.2, -0.15) is 0 Å². The number of methoxy groups -OCH3 is 1. The predicted octanol–water partition coefficient (Wildman–Crippen LogP) is 1.16. The maximum Gasteiger partial charge on any atom is 0.311 e. The Morgan fingerprint density at radius 1 is 1.46 bits per heavy atom. The van der Waals surface area contributed by atoms with Crippen molar-refractivity contribution in [3.8, 4) is 0 Å². The van der Waals surface area contributed by atoms with Gasteiger partial charge in [0.1, 0.15) is 0 Å². The normalized spacial score (nSPS) is 27.7. The minimum absolute atomic E-state index is 0.0757. The molecule has 0 unspecified atom stereocenters. The average Bonchev–Trinajstić information content (AvgIpc) is 3.17. The number of amides is 1. The van der Waals surface area contributed by atoms with Gasteiger partial charge in [-0.05, 0) is 25.0 Å². The Bertz CT molecular complexity index is 588. The van der Waals surface area contributed by atoms with Crippen molar-refractivity contribution in [2.24, 2.45) is 11.3 Å². The lowest BCUT2D eigenvalue weighted by Gasteiger charge is -2.29. The third kappa shape index (κ3) is 3.06. The fourth-order valence-electron chi connectivity index (χ4n) is 4.02. The van der Waals surface area contributed by atoms with Crippen LogP contribution in [0.25, 0.3) is 0 Å². The summed E-state index contributed by atoms with van der Waals surface area (Å²) < 4.78 is 10.3. The first kappa shape index (κ1) is 17.0. The Labute approximate surface area is 141 Å². The van der Waals surface area contributed by atoms with Crippen LogP contribution in [0.15, 0.2) is 22.8 Å². The van der Waals surface area contributed by atoms with E-state index in [1.165, 1.54) is 6.26 Å². The second kappa shape index (κ2) is 6.94. The number of likely N-dealkylation sites (tertiary alicyclic amines) is 2. The van der Waals surface area contributed by atoms with Crippen LogP contribution in [0, 0.1) is 11.3 Å². The fraction of sp³-hybridized carbons (Fsp3) is 0.647. The fourth-order valence-corrected chi connectivity index (χ4v) is 4.02. The highest BCUT2D eigenvalue weighted by atomic mass is 16.5. The van der Waals surface area contributed by atoms with Gasteiger partial charge in [-0.3, -0.25) is 14.5 Å². The van der Waals surface area contributed by atoms with Crippen LogP contribution in [0.3, 0.4) is 0 Å². The van der Waals surface area contributed by atoms with Crippen LogP contribution in [0.5, 0.6) is 0 Å². The third-order valence-corrected chi connectivity index (χ3v) is 5.31. The van der Waals surface area contributed by atoms with Crippen LogP contribution < -0.4 is 0 Å². The molecule has 1 N–H and O–H groups in total. The minimum atomic E-state index is -0.772. The number of carbonyl (C=O) groups is 2. The van der Waals surface area contributed by atoms with Gasteiger partial charge in [-0.1, -0.05) is 0 Å². The monoisotopic (exact) mass is 336 g/mol. The second-order valence-electron chi connectivity index (χ2n) is 6.72. The molecule has 2 aliphatic rings. The maximum absolute atomic E-state index is 12.6. The van der Waals surface area contributed by atoms with Crippen LogP contribution in [-0.4, -0.2) is 73.2 Å². The van der Waals surface area contributed by atoms with Crippen molar-refractivity contribution in [3.63, 3.8) is 0 Å². The molecule has 0 aromatic carbocycles. The Balaban J connectivity index is 1.78. The molecule has 0 aliphatic carbocycles. The Morgan fingerprint density at radius 3 is 2.96 bits per heavy atom. The zero-order valence-electron chi connectivity index (χ0n) is 13.9.